The molecule has 25 heteroatoms. The van der Waals surface area contributed by atoms with Gasteiger partial charge in [0.25, 0.3) is 19.3 Å². The summed E-state index contributed by atoms with van der Waals surface area (Å²) in [6.45, 7) is 18.3. The smallest absolute Gasteiger partial charge is 0.487 e. The number of carbonyl (C=O) groups excluding carboxylic acids is 2. The molecule has 2 amide bonds. The predicted molar refractivity (Wildman–Crippen MR) is 289 cm³/mol. The van der Waals surface area contributed by atoms with Gasteiger partial charge in [-0.3, -0.25) is 33.0 Å². The summed E-state index contributed by atoms with van der Waals surface area (Å²) in [6.07, 6.45) is 4.32. The van der Waals surface area contributed by atoms with E-state index in [0.29, 0.717) is 23.5 Å². The third-order valence-electron chi connectivity index (χ3n) is 14.0. The number of ether oxygens (including phenoxy) is 2. The number of aromatic nitrogens is 2. The molecule has 1 aromatic heterocycles. The highest BCUT2D eigenvalue weighted by Crippen LogP contribution is 2.65. The minimum Gasteiger partial charge on any atom is -0.756 e. The number of rotatable bonds is 17. The second kappa shape index (κ2) is 22.2. The van der Waals surface area contributed by atoms with Gasteiger partial charge in [-0.15, -0.1) is 0 Å². The predicted octanol–water partition coefficient (Wildman–Crippen LogP) is 5.03. The van der Waals surface area contributed by atoms with E-state index in [1.807, 2.05) is 24.3 Å². The van der Waals surface area contributed by atoms with E-state index in [-0.39, 0.29) is 60.8 Å². The lowest BCUT2D eigenvalue weighted by atomic mass is 9.83. The van der Waals surface area contributed by atoms with Crippen LogP contribution < -0.4 is 46.2 Å². The van der Waals surface area contributed by atoms with Crippen molar-refractivity contribution in [1.82, 2.24) is 24.3 Å². The molecule has 5 heterocycles. The maximum Gasteiger partial charge on any atom is 0.487 e. The lowest BCUT2D eigenvalue weighted by molar-refractivity contribution is -0.212. The first kappa shape index (κ1) is 58.1. The Labute approximate surface area is 450 Å². The van der Waals surface area contributed by atoms with Crippen LogP contribution in [0.2, 0.25) is 0 Å². The van der Waals surface area contributed by atoms with Gasteiger partial charge in [-0.1, -0.05) is 36.1 Å². The minimum atomic E-state index is -5.83. The molecule has 5 atom stereocenters. The first-order valence-electron chi connectivity index (χ1n) is 25.3. The van der Waals surface area contributed by atoms with Crippen molar-refractivity contribution in [2.75, 3.05) is 44.7 Å². The number of nitrogens with zero attached hydrogens (tertiary/aromatic N) is 4. The highest BCUT2D eigenvalue weighted by Gasteiger charge is 2.40. The molecule has 0 aliphatic carbocycles. The first-order chi connectivity index (χ1) is 36.5. The Hall–Kier alpha value is -6.04. The van der Waals surface area contributed by atoms with Crippen molar-refractivity contribution in [2.45, 2.75) is 104 Å². The van der Waals surface area contributed by atoms with E-state index >= 15 is 0 Å². The van der Waals surface area contributed by atoms with Gasteiger partial charge in [-0.2, -0.15) is 4.31 Å². The van der Waals surface area contributed by atoms with Crippen LogP contribution in [-0.2, 0) is 36.4 Å². The van der Waals surface area contributed by atoms with Crippen molar-refractivity contribution < 1.29 is 65.5 Å². The summed E-state index contributed by atoms with van der Waals surface area (Å²) < 4.78 is 62.4. The number of aromatic amines is 1. The highest BCUT2D eigenvalue weighted by molar-refractivity contribution is 7.66. The second-order valence-electron chi connectivity index (χ2n) is 20.5. The van der Waals surface area contributed by atoms with Crippen molar-refractivity contribution >= 4 is 57.7 Å². The number of amides is 2. The Bertz CT molecular complexity index is 3660. The molecule has 4 aliphatic heterocycles. The third kappa shape index (κ3) is 12.5. The molecular weight excluding hydrogens is 1070 g/mol. The van der Waals surface area contributed by atoms with Gasteiger partial charge in [0.05, 0.1) is 30.9 Å². The molecule has 0 spiro atoms. The number of allylic oxidation sites excluding steroid dienone is 2. The molecule has 78 heavy (non-hydrogen) atoms. The lowest BCUT2D eigenvalue weighted by Gasteiger charge is -2.43. The number of nitrogens with one attached hydrogen (secondary N) is 2. The molecule has 416 valence electrons. The molecule has 3 aromatic carbocycles. The summed E-state index contributed by atoms with van der Waals surface area (Å²) in [5.41, 5.74) is 6.24. The minimum absolute atomic E-state index is 0.0503. The summed E-state index contributed by atoms with van der Waals surface area (Å²) in [4.78, 5) is 97.6. The molecular formula is C53H63N6O16P3. The van der Waals surface area contributed by atoms with Crippen LogP contribution in [0.25, 0.3) is 16.7 Å². The number of benzene rings is 3. The fourth-order valence-electron chi connectivity index (χ4n) is 10.8. The number of hydrogen-bond donors (Lipinski definition) is 5. The van der Waals surface area contributed by atoms with E-state index in [4.69, 9.17) is 14.4 Å². The van der Waals surface area contributed by atoms with Crippen LogP contribution in [-0.4, -0.2) is 98.0 Å². The van der Waals surface area contributed by atoms with Gasteiger partial charge in [0.1, 0.15) is 29.8 Å². The molecule has 5 N–H and O–H groups in total. The Morgan fingerprint density at radius 2 is 1.65 bits per heavy atom. The summed E-state index contributed by atoms with van der Waals surface area (Å²) in [5.74, 6) is 6.12. The largest absolute Gasteiger partial charge is 0.756 e. The normalized spacial score (nSPS) is 20.1. The maximum atomic E-state index is 14.6. The Kier molecular flexibility index (Phi) is 16.6. The topological polar surface area (TPSA) is 292 Å². The molecule has 1 saturated heterocycles. The molecule has 4 aliphatic rings. The van der Waals surface area contributed by atoms with Gasteiger partial charge in [0.15, 0.2) is 5.54 Å². The molecule has 0 radical (unpaired) electrons. The summed E-state index contributed by atoms with van der Waals surface area (Å²) in [6, 6.07) is 16.3. The number of anilines is 1. The molecule has 22 nitrogen and oxygen atoms in total. The SMILES string of the molecule is CCN1c2cc3c(cc2C(C)=CC1(C)C)C(c1ccccc1C(=O)N(C)CCCC(=O)NCC#Cc1cn([C@H]2CC[C@@H](COP(=O)(O)OP(=O)(O)OP(=O)([O-])O)O2)c(=O)[nH]c1=O)=c1cc2c(cc1O3)=[N+](CC)C(C)(C)C=C2C. The average molecular weight is 1130 g/mol. The zero-order chi connectivity index (χ0) is 56.9. The van der Waals surface area contributed by atoms with Gasteiger partial charge in [-0.05, 0) is 102 Å². The van der Waals surface area contributed by atoms with Crippen molar-refractivity contribution in [1.29, 1.82) is 0 Å². The van der Waals surface area contributed by atoms with E-state index in [1.54, 1.807) is 11.9 Å². The van der Waals surface area contributed by atoms with Gasteiger partial charge < -0.3 is 44.2 Å². The fraction of sp³-hybridized carbons (Fsp3) is 0.415. The van der Waals surface area contributed by atoms with Crippen LogP contribution in [0.4, 0.5) is 5.69 Å². The van der Waals surface area contributed by atoms with Gasteiger partial charge in [0.2, 0.25) is 11.3 Å². The van der Waals surface area contributed by atoms with Crippen LogP contribution in [0.15, 0.2) is 76.5 Å². The van der Waals surface area contributed by atoms with E-state index in [2.05, 4.69) is 137 Å². The molecule has 8 rings (SSSR count). The van der Waals surface area contributed by atoms with Crippen molar-refractivity contribution in [2.24, 2.45) is 0 Å². The summed E-state index contributed by atoms with van der Waals surface area (Å²) in [5, 5.41) is 4.64. The number of carbonyl (C=O) groups is 2. The fourth-order valence-corrected chi connectivity index (χ4v) is 13.8. The monoisotopic (exact) mass is 1130 g/mol. The van der Waals surface area contributed by atoms with Gasteiger partial charge in [0, 0.05) is 91.4 Å². The quantitative estimate of drug-likeness (QED) is 0.0464. The summed E-state index contributed by atoms with van der Waals surface area (Å²) in [7, 11) is -15.4. The second-order valence-corrected chi connectivity index (χ2v) is 24.9. The van der Waals surface area contributed by atoms with Gasteiger partial charge in [-0.25, -0.2) is 22.8 Å². The first-order valence-corrected chi connectivity index (χ1v) is 29.7. The van der Waals surface area contributed by atoms with Crippen LogP contribution in [0, 0.1) is 11.8 Å². The number of fused-ring (bicyclic) bond motifs is 4. The van der Waals surface area contributed by atoms with Crippen LogP contribution in [0.5, 0.6) is 11.5 Å². The number of H-pyrrole nitrogens is 1. The molecule has 0 bridgehead atoms. The number of phosphoric ester groups is 1. The van der Waals surface area contributed by atoms with Gasteiger partial charge >= 0.3 is 21.3 Å². The van der Waals surface area contributed by atoms with Crippen molar-refractivity contribution in [3.05, 3.63) is 132 Å². The van der Waals surface area contributed by atoms with Crippen LogP contribution >= 0.6 is 23.5 Å². The summed E-state index contributed by atoms with van der Waals surface area (Å²) >= 11 is 0. The molecule has 0 saturated carbocycles. The number of likely N-dealkylation sites (N-methyl/N-ethyl adjacent to an activating group) is 2. The Morgan fingerprint density at radius 1 is 0.936 bits per heavy atom. The Morgan fingerprint density at radius 3 is 2.36 bits per heavy atom. The average Bonchev–Trinajstić information content (AvgIpc) is 3.48. The third-order valence-corrected chi connectivity index (χ3v) is 17.8. The standard InChI is InChI=1S/C53H63N6O16P3/c1-10-58-42-26-44-40(24-38(42)32(3)28-52(58,5)6)48(41-25-39-33(4)29-53(7,8)59(11-2)43(39)27-45(41)73-44)36-17-12-13-18-37(36)50(62)56(9)23-15-19-46(60)54-22-14-16-34-30-57(51(63)55-49(34)61)47-21-20-35(72-47)31-71-77(67,68)75-78(69,70)74-76(64,65)66/h12-13,17-18,24-30,35,47H,10-11,15,19-23,31H2,1-9H3,(H5-,54,55,60,61,63,64,65,66,67,68,69,70)/t35-,47+/m0/s1. The number of hydrogen-bond acceptors (Lipinski definition) is 14. The molecule has 4 aromatic rings. The van der Waals surface area contributed by atoms with E-state index in [1.165, 1.54) is 0 Å². The highest BCUT2D eigenvalue weighted by atomic mass is 31.3. The molecule has 1 fully saturated rings. The lowest BCUT2D eigenvalue weighted by Crippen LogP contribution is -2.49. The van der Waals surface area contributed by atoms with Crippen LogP contribution in [0.1, 0.15) is 125 Å². The zero-order valence-electron chi connectivity index (χ0n) is 44.6. The maximum absolute atomic E-state index is 14.6. The number of phosphoric acid groups is 3. The van der Waals surface area contributed by atoms with E-state index < -0.39 is 53.7 Å². The molecule has 3 unspecified atom stereocenters. The zero-order valence-corrected chi connectivity index (χ0v) is 47.3. The van der Waals surface area contributed by atoms with Crippen molar-refractivity contribution in [3.63, 3.8) is 0 Å². The Balaban J connectivity index is 0.951. The van der Waals surface area contributed by atoms with Crippen LogP contribution in [0.3, 0.4) is 0 Å². The van der Waals surface area contributed by atoms with Crippen molar-refractivity contribution in [3.8, 4) is 23.3 Å². The van der Waals surface area contributed by atoms with E-state index in [0.717, 1.165) is 79.1 Å². The van der Waals surface area contributed by atoms with E-state index in [9.17, 15) is 47.6 Å².